The summed E-state index contributed by atoms with van der Waals surface area (Å²) in [4.78, 5) is 2.05. The number of hydrogen-bond donors (Lipinski definition) is 0. The van der Waals surface area contributed by atoms with Crippen LogP contribution in [0.5, 0.6) is 0 Å². The van der Waals surface area contributed by atoms with Crippen LogP contribution in [0.2, 0.25) is 0 Å². The number of rotatable bonds is 4. The maximum Gasteiger partial charge on any atom is 0.451 e. The van der Waals surface area contributed by atoms with Gasteiger partial charge in [0.15, 0.2) is 0 Å². The molecule has 21 heavy (non-hydrogen) atoms. The molecule has 0 atom stereocenters. The van der Waals surface area contributed by atoms with Crippen molar-refractivity contribution in [3.8, 4) is 6.07 Å². The van der Waals surface area contributed by atoms with Crippen molar-refractivity contribution in [3.05, 3.63) is 11.6 Å². The van der Waals surface area contributed by atoms with Gasteiger partial charge in [-0.1, -0.05) is 0 Å². The van der Waals surface area contributed by atoms with E-state index in [0.29, 0.717) is 18.9 Å². The molecule has 0 unspecified atom stereocenters. The monoisotopic (exact) mass is 301 g/mol. The maximum absolute atomic E-state index is 12.7. The molecule has 0 amide bonds. The van der Waals surface area contributed by atoms with E-state index < -0.39 is 12.0 Å². The predicted molar refractivity (Wildman–Crippen MR) is 68.9 cm³/mol. The van der Waals surface area contributed by atoms with Gasteiger partial charge in [-0.2, -0.15) is 18.4 Å². The van der Waals surface area contributed by atoms with Gasteiger partial charge < -0.3 is 4.57 Å². The molecule has 1 aliphatic rings. The zero-order chi connectivity index (χ0) is 15.7. The Labute approximate surface area is 121 Å². The van der Waals surface area contributed by atoms with Crippen molar-refractivity contribution >= 4 is 0 Å². The van der Waals surface area contributed by atoms with Gasteiger partial charge in [-0.25, -0.2) is 0 Å². The highest BCUT2D eigenvalue weighted by Crippen LogP contribution is 2.29. The van der Waals surface area contributed by atoms with Gasteiger partial charge in [-0.05, 0) is 33.2 Å². The van der Waals surface area contributed by atoms with E-state index in [1.165, 1.54) is 0 Å². The highest BCUT2D eigenvalue weighted by atomic mass is 19.4. The Hall–Kier alpha value is -1.62. The third-order valence-electron chi connectivity index (χ3n) is 3.66. The van der Waals surface area contributed by atoms with E-state index in [0.717, 1.165) is 24.0 Å². The zero-order valence-corrected chi connectivity index (χ0v) is 12.1. The fourth-order valence-electron chi connectivity index (χ4n) is 2.41. The van der Waals surface area contributed by atoms with Crippen LogP contribution < -0.4 is 0 Å². The molecule has 5 nitrogen and oxygen atoms in total. The van der Waals surface area contributed by atoms with Gasteiger partial charge in [0, 0.05) is 13.1 Å². The molecule has 0 aromatic carbocycles. The van der Waals surface area contributed by atoms with Crippen LogP contribution in [0.1, 0.15) is 38.3 Å². The van der Waals surface area contributed by atoms with Crippen molar-refractivity contribution < 1.29 is 13.2 Å². The lowest BCUT2D eigenvalue weighted by Gasteiger charge is -2.28. The zero-order valence-electron chi connectivity index (χ0n) is 12.1. The highest BCUT2D eigenvalue weighted by Gasteiger charge is 2.39. The molecule has 0 radical (unpaired) electrons. The summed E-state index contributed by atoms with van der Waals surface area (Å²) >= 11 is 0. The molecule has 1 aromatic rings. The summed E-state index contributed by atoms with van der Waals surface area (Å²) in [6, 6.07) is 2.24. The Morgan fingerprint density at radius 1 is 1.24 bits per heavy atom. The summed E-state index contributed by atoms with van der Waals surface area (Å²) in [5, 5.41) is 15.8. The minimum absolute atomic E-state index is 0.249. The molecule has 2 rings (SSSR count). The molecule has 0 spiro atoms. The highest BCUT2D eigenvalue weighted by molar-refractivity contribution is 5.02. The predicted octanol–water partition coefficient (Wildman–Crippen LogP) is 2.44. The minimum atomic E-state index is -4.45. The maximum atomic E-state index is 12.7. The Morgan fingerprint density at radius 2 is 1.95 bits per heavy atom. The molecule has 0 fully saturated rings. The number of aromatic nitrogens is 3. The van der Waals surface area contributed by atoms with Crippen molar-refractivity contribution in [2.45, 2.75) is 46.0 Å². The van der Waals surface area contributed by atoms with Crippen LogP contribution in [0.25, 0.3) is 0 Å². The van der Waals surface area contributed by atoms with E-state index in [4.69, 9.17) is 5.26 Å². The Kier molecular flexibility index (Phi) is 4.23. The molecule has 0 saturated carbocycles. The SMILES string of the molecule is CC(C)(C#N)CCCN1CCn2c(nnc2C(F)(F)F)C1. The van der Waals surface area contributed by atoms with E-state index in [1.807, 2.05) is 13.8 Å². The van der Waals surface area contributed by atoms with Gasteiger partial charge in [0.2, 0.25) is 5.82 Å². The first-order valence-electron chi connectivity index (χ1n) is 6.86. The standard InChI is InChI=1S/C13H18F3N5/c1-12(2,9-17)4-3-5-20-6-7-21-10(8-20)18-19-11(21)13(14,15)16/h3-8H2,1-2H3. The van der Waals surface area contributed by atoms with Gasteiger partial charge in [-0.3, -0.25) is 4.90 Å². The van der Waals surface area contributed by atoms with Crippen molar-refractivity contribution in [2.24, 2.45) is 5.41 Å². The van der Waals surface area contributed by atoms with Crippen molar-refractivity contribution in [2.75, 3.05) is 13.1 Å². The number of nitriles is 1. The summed E-state index contributed by atoms with van der Waals surface area (Å²) in [6.07, 6.45) is -2.86. The number of nitrogens with zero attached hydrogens (tertiary/aromatic N) is 5. The lowest BCUT2D eigenvalue weighted by atomic mass is 9.90. The Bertz CT molecular complexity index is 541. The Morgan fingerprint density at radius 3 is 2.57 bits per heavy atom. The second-order valence-corrected chi connectivity index (χ2v) is 5.96. The lowest BCUT2D eigenvalue weighted by Crippen LogP contribution is -2.36. The van der Waals surface area contributed by atoms with Crippen LogP contribution in [0.3, 0.4) is 0 Å². The van der Waals surface area contributed by atoms with Crippen molar-refractivity contribution in [1.29, 1.82) is 5.26 Å². The topological polar surface area (TPSA) is 57.7 Å². The first kappa shape index (κ1) is 15.8. The normalized spacial score (nSPS) is 16.6. The van der Waals surface area contributed by atoms with Crippen LogP contribution in [-0.2, 0) is 19.3 Å². The molecule has 0 bridgehead atoms. The second kappa shape index (κ2) is 5.64. The third kappa shape index (κ3) is 3.73. The number of fused-ring (bicyclic) bond motifs is 1. The molecule has 1 aromatic heterocycles. The smallest absolute Gasteiger partial charge is 0.305 e. The van der Waals surface area contributed by atoms with Crippen LogP contribution in [0.4, 0.5) is 13.2 Å². The third-order valence-corrected chi connectivity index (χ3v) is 3.66. The van der Waals surface area contributed by atoms with Crippen molar-refractivity contribution in [3.63, 3.8) is 0 Å². The summed E-state index contributed by atoms with van der Waals surface area (Å²) < 4.78 is 39.3. The molecular weight excluding hydrogens is 283 g/mol. The Balaban J connectivity index is 1.93. The average molecular weight is 301 g/mol. The molecule has 0 aliphatic carbocycles. The fourth-order valence-corrected chi connectivity index (χ4v) is 2.41. The summed E-state index contributed by atoms with van der Waals surface area (Å²) in [6.45, 7) is 5.68. The van der Waals surface area contributed by atoms with Gasteiger partial charge in [0.05, 0.1) is 18.0 Å². The molecular formula is C13H18F3N5. The largest absolute Gasteiger partial charge is 0.451 e. The quantitative estimate of drug-likeness (QED) is 0.857. The number of halogens is 3. The van der Waals surface area contributed by atoms with Crippen LogP contribution in [0.15, 0.2) is 0 Å². The molecule has 0 saturated heterocycles. The summed E-state index contributed by atoms with van der Waals surface area (Å²) in [5.74, 6) is -0.559. The van der Waals surface area contributed by atoms with Crippen LogP contribution >= 0.6 is 0 Å². The molecule has 1 aliphatic heterocycles. The van der Waals surface area contributed by atoms with Gasteiger partial charge in [-0.15, -0.1) is 10.2 Å². The minimum Gasteiger partial charge on any atom is -0.305 e. The van der Waals surface area contributed by atoms with E-state index in [1.54, 1.807) is 0 Å². The summed E-state index contributed by atoms with van der Waals surface area (Å²) in [5.41, 5.74) is -0.362. The first-order chi connectivity index (χ1) is 9.73. The molecule has 2 heterocycles. The molecule has 116 valence electrons. The van der Waals surface area contributed by atoms with Crippen molar-refractivity contribution in [1.82, 2.24) is 19.7 Å². The lowest BCUT2D eigenvalue weighted by molar-refractivity contribution is -0.148. The molecule has 8 heteroatoms. The van der Waals surface area contributed by atoms with Gasteiger partial charge >= 0.3 is 6.18 Å². The van der Waals surface area contributed by atoms with Gasteiger partial charge in [0.1, 0.15) is 5.82 Å². The summed E-state index contributed by atoms with van der Waals surface area (Å²) in [7, 11) is 0. The van der Waals surface area contributed by atoms with Crippen LogP contribution in [0, 0.1) is 16.7 Å². The van der Waals surface area contributed by atoms with Crippen LogP contribution in [-0.4, -0.2) is 32.8 Å². The van der Waals surface area contributed by atoms with E-state index in [-0.39, 0.29) is 12.0 Å². The average Bonchev–Trinajstić information content (AvgIpc) is 2.81. The molecule has 0 N–H and O–H groups in total. The van der Waals surface area contributed by atoms with E-state index in [9.17, 15) is 13.2 Å². The number of alkyl halides is 3. The van der Waals surface area contributed by atoms with E-state index in [2.05, 4.69) is 21.2 Å². The second-order valence-electron chi connectivity index (χ2n) is 5.96. The van der Waals surface area contributed by atoms with E-state index >= 15 is 0 Å². The first-order valence-corrected chi connectivity index (χ1v) is 6.86. The fraction of sp³-hybridized carbons (Fsp3) is 0.769. The number of hydrogen-bond acceptors (Lipinski definition) is 4. The van der Waals surface area contributed by atoms with Gasteiger partial charge in [0.25, 0.3) is 0 Å².